The largest absolute Gasteiger partial charge is 0.465 e. The van der Waals surface area contributed by atoms with Gasteiger partial charge in [0.2, 0.25) is 0 Å². The van der Waals surface area contributed by atoms with Crippen molar-refractivity contribution < 1.29 is 14.6 Å². The number of nitrogens with two attached hydrogens (primary N) is 1. The second kappa shape index (κ2) is 6.17. The third-order valence-corrected chi connectivity index (χ3v) is 3.98. The van der Waals surface area contributed by atoms with Crippen molar-refractivity contribution >= 4 is 5.97 Å². The van der Waals surface area contributed by atoms with E-state index < -0.39 is 18.1 Å². The molecule has 4 heteroatoms. The summed E-state index contributed by atoms with van der Waals surface area (Å²) < 4.78 is 4.76. The summed E-state index contributed by atoms with van der Waals surface area (Å²) in [6.07, 6.45) is 3.71. The summed E-state index contributed by atoms with van der Waals surface area (Å²) >= 11 is 0. The molecular weight excluding hydrogens is 242 g/mol. The average molecular weight is 263 g/mol. The van der Waals surface area contributed by atoms with Crippen LogP contribution in [0.25, 0.3) is 0 Å². The molecule has 4 nitrogen and oxygen atoms in total. The summed E-state index contributed by atoms with van der Waals surface area (Å²) in [7, 11) is 1.35. The molecular formula is C15H21NO3. The first-order chi connectivity index (χ1) is 9.15. The highest BCUT2D eigenvalue weighted by Crippen LogP contribution is 2.33. The van der Waals surface area contributed by atoms with Gasteiger partial charge in [-0.15, -0.1) is 0 Å². The molecule has 19 heavy (non-hydrogen) atoms. The maximum absolute atomic E-state index is 11.7. The molecule has 1 aliphatic rings. The second-order valence-electron chi connectivity index (χ2n) is 5.14. The van der Waals surface area contributed by atoms with Gasteiger partial charge in [-0.2, -0.15) is 0 Å². The number of hydrogen-bond donors (Lipinski definition) is 2. The van der Waals surface area contributed by atoms with E-state index in [1.54, 1.807) is 18.2 Å². The van der Waals surface area contributed by atoms with Crippen molar-refractivity contribution in [1.29, 1.82) is 0 Å². The van der Waals surface area contributed by atoms with Gasteiger partial charge in [-0.3, -0.25) is 0 Å². The van der Waals surface area contributed by atoms with Gasteiger partial charge in [0.25, 0.3) is 0 Å². The van der Waals surface area contributed by atoms with Crippen molar-refractivity contribution in [2.24, 2.45) is 11.7 Å². The first-order valence-corrected chi connectivity index (χ1v) is 6.76. The molecule has 0 radical (unpaired) electrons. The predicted molar refractivity (Wildman–Crippen MR) is 72.7 cm³/mol. The van der Waals surface area contributed by atoms with Gasteiger partial charge in [-0.05, 0) is 30.4 Å². The monoisotopic (exact) mass is 263 g/mol. The zero-order chi connectivity index (χ0) is 13.8. The predicted octanol–water partition coefficient (Wildman–Crippen LogP) is 2.02. The molecule has 2 rings (SSSR count). The van der Waals surface area contributed by atoms with Gasteiger partial charge in [0.05, 0.1) is 24.8 Å². The van der Waals surface area contributed by atoms with Crippen LogP contribution >= 0.6 is 0 Å². The van der Waals surface area contributed by atoms with E-state index in [1.165, 1.54) is 7.11 Å². The van der Waals surface area contributed by atoms with E-state index in [9.17, 15) is 9.90 Å². The molecule has 0 amide bonds. The highest BCUT2D eigenvalue weighted by atomic mass is 16.5. The van der Waals surface area contributed by atoms with Gasteiger partial charge in [0, 0.05) is 0 Å². The van der Waals surface area contributed by atoms with Gasteiger partial charge in [-0.25, -0.2) is 4.79 Å². The Labute approximate surface area is 113 Å². The Kier molecular flexibility index (Phi) is 4.56. The van der Waals surface area contributed by atoms with Crippen LogP contribution in [0.1, 0.15) is 47.6 Å². The van der Waals surface area contributed by atoms with Gasteiger partial charge < -0.3 is 15.6 Å². The lowest BCUT2D eigenvalue weighted by molar-refractivity contribution is 0.0591. The molecule has 0 bridgehead atoms. The minimum atomic E-state index is -0.603. The number of aliphatic hydroxyl groups excluding tert-OH is 1. The number of methoxy groups -OCH3 is 1. The smallest absolute Gasteiger partial charge is 0.338 e. The molecule has 3 N–H and O–H groups in total. The summed E-state index contributed by atoms with van der Waals surface area (Å²) in [6, 6.07) is 6.52. The molecule has 1 fully saturated rings. The van der Waals surface area contributed by atoms with Crippen LogP contribution in [0.3, 0.4) is 0 Å². The highest BCUT2D eigenvalue weighted by molar-refractivity contribution is 5.91. The Bertz CT molecular complexity index is 441. The standard InChI is InChI=1S/C15H21NO3/c1-19-15(18)12-9-5-4-8-11(12)13(16)14(17)10-6-2-3-7-10/h4-5,8-10,13-14,17H,2-3,6-7,16H2,1H3/t13-,14+/m1/s1. The highest BCUT2D eigenvalue weighted by Gasteiger charge is 2.30. The molecule has 104 valence electrons. The minimum absolute atomic E-state index is 0.237. The van der Waals surface area contributed by atoms with Gasteiger partial charge in [0.15, 0.2) is 0 Å². The quantitative estimate of drug-likeness (QED) is 0.815. The first-order valence-electron chi connectivity index (χ1n) is 6.76. The van der Waals surface area contributed by atoms with Crippen LogP contribution < -0.4 is 5.73 Å². The SMILES string of the molecule is COC(=O)c1ccccc1[C@@H](N)[C@@H](O)C1CCCC1. The van der Waals surface area contributed by atoms with Crippen molar-refractivity contribution in [3.05, 3.63) is 35.4 Å². The number of hydrogen-bond acceptors (Lipinski definition) is 4. The Morgan fingerprint density at radius 3 is 2.63 bits per heavy atom. The lowest BCUT2D eigenvalue weighted by Crippen LogP contribution is -2.33. The number of ether oxygens (including phenoxy) is 1. The molecule has 1 saturated carbocycles. The fourth-order valence-electron chi connectivity index (χ4n) is 2.86. The van der Waals surface area contributed by atoms with E-state index in [-0.39, 0.29) is 5.92 Å². The van der Waals surface area contributed by atoms with Crippen molar-refractivity contribution in [3.63, 3.8) is 0 Å². The molecule has 2 atom stereocenters. The topological polar surface area (TPSA) is 72.5 Å². The van der Waals surface area contributed by atoms with Gasteiger partial charge >= 0.3 is 5.97 Å². The average Bonchev–Trinajstić information content (AvgIpc) is 2.99. The lowest BCUT2D eigenvalue weighted by atomic mass is 9.89. The summed E-state index contributed by atoms with van der Waals surface area (Å²) in [5.74, 6) is -0.176. The van der Waals surface area contributed by atoms with Crippen LogP contribution in [0.2, 0.25) is 0 Å². The molecule has 1 aromatic carbocycles. The number of aliphatic hydroxyl groups is 1. The van der Waals surface area contributed by atoms with Gasteiger partial charge in [-0.1, -0.05) is 31.0 Å². The maximum Gasteiger partial charge on any atom is 0.338 e. The van der Waals surface area contributed by atoms with Crippen LogP contribution in [-0.4, -0.2) is 24.3 Å². The summed E-state index contributed by atoms with van der Waals surface area (Å²) in [5, 5.41) is 10.4. The first kappa shape index (κ1) is 14.0. The summed E-state index contributed by atoms with van der Waals surface area (Å²) in [6.45, 7) is 0. The summed E-state index contributed by atoms with van der Waals surface area (Å²) in [4.78, 5) is 11.7. The molecule has 0 spiro atoms. The molecule has 0 aliphatic heterocycles. The fourth-order valence-corrected chi connectivity index (χ4v) is 2.86. The number of carbonyl (C=O) groups is 1. The zero-order valence-corrected chi connectivity index (χ0v) is 11.2. The van der Waals surface area contributed by atoms with Crippen LogP contribution in [0.15, 0.2) is 24.3 Å². The van der Waals surface area contributed by atoms with E-state index >= 15 is 0 Å². The molecule has 1 aromatic rings. The minimum Gasteiger partial charge on any atom is -0.465 e. The van der Waals surface area contributed by atoms with Crippen LogP contribution in [0.5, 0.6) is 0 Å². The van der Waals surface area contributed by atoms with Crippen molar-refractivity contribution in [3.8, 4) is 0 Å². The normalized spacial score (nSPS) is 19.1. The number of esters is 1. The van der Waals surface area contributed by atoms with Crippen molar-refractivity contribution in [2.45, 2.75) is 37.8 Å². The lowest BCUT2D eigenvalue weighted by Gasteiger charge is -2.25. The van der Waals surface area contributed by atoms with E-state index in [4.69, 9.17) is 10.5 Å². The second-order valence-corrected chi connectivity index (χ2v) is 5.14. The molecule has 0 aromatic heterocycles. The van der Waals surface area contributed by atoms with Crippen molar-refractivity contribution in [2.75, 3.05) is 7.11 Å². The number of carbonyl (C=O) groups excluding carboxylic acids is 1. The molecule has 1 aliphatic carbocycles. The fraction of sp³-hybridized carbons (Fsp3) is 0.533. The van der Waals surface area contributed by atoms with E-state index in [0.717, 1.165) is 25.7 Å². The molecule has 0 saturated heterocycles. The van der Waals surface area contributed by atoms with Crippen LogP contribution in [0, 0.1) is 5.92 Å². The third kappa shape index (κ3) is 2.96. The van der Waals surface area contributed by atoms with E-state index in [2.05, 4.69) is 0 Å². The Hall–Kier alpha value is -1.39. The Balaban J connectivity index is 2.22. The van der Waals surface area contributed by atoms with E-state index in [0.29, 0.717) is 11.1 Å². The molecule has 0 unspecified atom stereocenters. The van der Waals surface area contributed by atoms with E-state index in [1.807, 2.05) is 6.07 Å². The third-order valence-electron chi connectivity index (χ3n) is 3.98. The van der Waals surface area contributed by atoms with Gasteiger partial charge in [0.1, 0.15) is 0 Å². The zero-order valence-electron chi connectivity index (χ0n) is 11.2. The maximum atomic E-state index is 11.7. The number of rotatable bonds is 4. The molecule has 0 heterocycles. The number of benzene rings is 1. The Morgan fingerprint density at radius 1 is 1.37 bits per heavy atom. The Morgan fingerprint density at radius 2 is 2.00 bits per heavy atom. The van der Waals surface area contributed by atoms with Crippen LogP contribution in [-0.2, 0) is 4.74 Å². The summed E-state index contributed by atoms with van der Waals surface area (Å²) in [5.41, 5.74) is 7.25. The van der Waals surface area contributed by atoms with Crippen LogP contribution in [0.4, 0.5) is 0 Å². The van der Waals surface area contributed by atoms with Crippen molar-refractivity contribution in [1.82, 2.24) is 0 Å².